The molecule has 25 heavy (non-hydrogen) atoms. The number of nitrogens with one attached hydrogen (secondary N) is 1. The van der Waals surface area contributed by atoms with Gasteiger partial charge in [-0.3, -0.25) is 9.69 Å². The summed E-state index contributed by atoms with van der Waals surface area (Å²) in [4.78, 5) is 13.9. The van der Waals surface area contributed by atoms with E-state index in [9.17, 15) is 13.6 Å². The fourth-order valence-corrected chi connectivity index (χ4v) is 3.00. The number of rotatable bonds is 8. The molecule has 3 N–H and O–H groups in total. The van der Waals surface area contributed by atoms with E-state index in [1.165, 1.54) is 6.07 Å². The summed E-state index contributed by atoms with van der Waals surface area (Å²) in [6.07, 6.45) is 3.57. The van der Waals surface area contributed by atoms with E-state index in [2.05, 4.69) is 15.0 Å². The number of likely N-dealkylation sites (tertiary alicyclic amines) is 1. The van der Waals surface area contributed by atoms with Crippen molar-refractivity contribution in [1.82, 2.24) is 10.2 Å². The molecule has 1 unspecified atom stereocenters. The van der Waals surface area contributed by atoms with Gasteiger partial charge in [0.25, 0.3) is 0 Å². The van der Waals surface area contributed by atoms with Gasteiger partial charge in [0, 0.05) is 32.1 Å². The minimum absolute atomic E-state index is 0. The molecule has 1 aliphatic heterocycles. The first kappa shape index (κ1) is 21.6. The van der Waals surface area contributed by atoms with Crippen LogP contribution in [0.2, 0.25) is 0 Å². The molecular formula is C17H26ClF2N3O2. The van der Waals surface area contributed by atoms with Crippen LogP contribution in [0.25, 0.3) is 0 Å². The van der Waals surface area contributed by atoms with E-state index in [0.717, 1.165) is 31.4 Å². The maximum Gasteiger partial charge on any atom is 0.387 e. The third-order valence-electron chi connectivity index (χ3n) is 4.16. The monoisotopic (exact) mass is 377 g/mol. The summed E-state index contributed by atoms with van der Waals surface area (Å²) in [5, 5.41) is 2.92. The van der Waals surface area contributed by atoms with E-state index in [0.29, 0.717) is 26.1 Å². The van der Waals surface area contributed by atoms with Crippen LogP contribution < -0.4 is 15.8 Å². The summed E-state index contributed by atoms with van der Waals surface area (Å²) in [6, 6.07) is 7.04. The van der Waals surface area contributed by atoms with Crippen molar-refractivity contribution in [2.45, 2.75) is 44.9 Å². The summed E-state index contributed by atoms with van der Waals surface area (Å²) in [5.41, 5.74) is 6.30. The molecule has 1 saturated heterocycles. The van der Waals surface area contributed by atoms with Crippen LogP contribution in [0.4, 0.5) is 8.78 Å². The lowest BCUT2D eigenvalue weighted by Gasteiger charge is -2.36. The number of amides is 1. The number of benzene rings is 1. The molecule has 0 bridgehead atoms. The molecule has 1 aromatic rings. The van der Waals surface area contributed by atoms with Crippen LogP contribution in [0.1, 0.15) is 31.2 Å². The van der Waals surface area contributed by atoms with E-state index in [1.54, 1.807) is 12.1 Å². The third kappa shape index (κ3) is 7.54. The molecule has 8 heteroatoms. The molecule has 1 aliphatic rings. The first-order valence-corrected chi connectivity index (χ1v) is 8.33. The van der Waals surface area contributed by atoms with Gasteiger partial charge >= 0.3 is 6.61 Å². The van der Waals surface area contributed by atoms with Crippen molar-refractivity contribution in [3.05, 3.63) is 29.8 Å². The second-order valence-corrected chi connectivity index (χ2v) is 5.99. The van der Waals surface area contributed by atoms with Crippen molar-refractivity contribution >= 4 is 18.3 Å². The van der Waals surface area contributed by atoms with Crippen molar-refractivity contribution < 1.29 is 18.3 Å². The number of hydrogen-bond donors (Lipinski definition) is 2. The Bertz CT molecular complexity index is 534. The van der Waals surface area contributed by atoms with E-state index in [4.69, 9.17) is 5.73 Å². The highest BCUT2D eigenvalue weighted by Gasteiger charge is 2.23. The molecule has 0 saturated carbocycles. The summed E-state index contributed by atoms with van der Waals surface area (Å²) in [7, 11) is 0. The van der Waals surface area contributed by atoms with Crippen LogP contribution in [-0.4, -0.2) is 43.1 Å². The molecule has 2 rings (SSSR count). The van der Waals surface area contributed by atoms with Gasteiger partial charge in [-0.25, -0.2) is 0 Å². The number of piperidine rings is 1. The van der Waals surface area contributed by atoms with Crippen LogP contribution in [0.15, 0.2) is 24.3 Å². The van der Waals surface area contributed by atoms with Gasteiger partial charge in [0.1, 0.15) is 5.75 Å². The van der Waals surface area contributed by atoms with Gasteiger partial charge < -0.3 is 15.8 Å². The van der Waals surface area contributed by atoms with Crippen LogP contribution in [0, 0.1) is 0 Å². The molecule has 1 aromatic carbocycles. The Morgan fingerprint density at radius 3 is 2.92 bits per heavy atom. The second kappa shape index (κ2) is 11.2. The minimum Gasteiger partial charge on any atom is -0.435 e. The van der Waals surface area contributed by atoms with Gasteiger partial charge in [0.15, 0.2) is 0 Å². The van der Waals surface area contributed by atoms with Gasteiger partial charge in [-0.15, -0.1) is 12.4 Å². The Morgan fingerprint density at radius 2 is 2.20 bits per heavy atom. The molecule has 0 aliphatic carbocycles. The Hall–Kier alpha value is -1.44. The third-order valence-corrected chi connectivity index (χ3v) is 4.16. The van der Waals surface area contributed by atoms with Crippen molar-refractivity contribution in [3.63, 3.8) is 0 Å². The Morgan fingerprint density at radius 1 is 1.40 bits per heavy atom. The van der Waals surface area contributed by atoms with Crippen LogP contribution in [-0.2, 0) is 11.3 Å². The largest absolute Gasteiger partial charge is 0.435 e. The number of carbonyl (C=O) groups excluding carboxylic acids is 1. The number of nitrogens with zero attached hydrogens (tertiary/aromatic N) is 1. The predicted molar refractivity (Wildman–Crippen MR) is 95.1 cm³/mol. The highest BCUT2D eigenvalue weighted by molar-refractivity contribution is 5.85. The Kier molecular flexibility index (Phi) is 9.70. The van der Waals surface area contributed by atoms with Gasteiger partial charge in [-0.05, 0) is 37.1 Å². The highest BCUT2D eigenvalue weighted by Crippen LogP contribution is 2.22. The average molecular weight is 378 g/mol. The van der Waals surface area contributed by atoms with Gasteiger partial charge in [0.2, 0.25) is 5.91 Å². The number of ether oxygens (including phenoxy) is 1. The zero-order valence-corrected chi connectivity index (χ0v) is 14.9. The Balaban J connectivity index is 0.00000312. The number of nitrogens with two attached hydrogens (primary N) is 1. The quantitative estimate of drug-likeness (QED) is 0.730. The molecule has 0 aromatic heterocycles. The molecular weight excluding hydrogens is 352 g/mol. The molecule has 142 valence electrons. The van der Waals surface area contributed by atoms with Crippen LogP contribution >= 0.6 is 12.4 Å². The number of carbonyl (C=O) groups is 1. The zero-order valence-electron chi connectivity index (χ0n) is 14.1. The normalized spacial score (nSPS) is 17.8. The van der Waals surface area contributed by atoms with Crippen molar-refractivity contribution in [2.75, 3.05) is 19.6 Å². The maximum absolute atomic E-state index is 12.3. The number of hydrogen-bond acceptors (Lipinski definition) is 4. The average Bonchev–Trinajstić information content (AvgIpc) is 2.54. The van der Waals surface area contributed by atoms with E-state index in [1.807, 2.05) is 6.07 Å². The molecule has 1 amide bonds. The minimum atomic E-state index is -2.82. The SMILES string of the molecule is Cl.NCCC(=O)NCC1CCCCN1Cc1cccc(OC(F)F)c1. The van der Waals surface area contributed by atoms with Gasteiger partial charge in [0.05, 0.1) is 0 Å². The van der Waals surface area contributed by atoms with Crippen molar-refractivity contribution in [1.29, 1.82) is 0 Å². The molecule has 0 spiro atoms. The van der Waals surface area contributed by atoms with E-state index < -0.39 is 6.61 Å². The molecule has 1 atom stereocenters. The molecule has 5 nitrogen and oxygen atoms in total. The first-order valence-electron chi connectivity index (χ1n) is 8.33. The highest BCUT2D eigenvalue weighted by atomic mass is 35.5. The van der Waals surface area contributed by atoms with Crippen LogP contribution in [0.5, 0.6) is 5.75 Å². The molecule has 1 fully saturated rings. The van der Waals surface area contributed by atoms with Gasteiger partial charge in [-0.1, -0.05) is 18.6 Å². The lowest BCUT2D eigenvalue weighted by Crippen LogP contribution is -2.46. The summed E-state index contributed by atoms with van der Waals surface area (Å²) >= 11 is 0. The molecule has 0 radical (unpaired) electrons. The second-order valence-electron chi connectivity index (χ2n) is 5.99. The standard InChI is InChI=1S/C17H25F2N3O2.ClH/c18-17(19)24-15-6-3-4-13(10-15)12-22-9-2-1-5-14(22)11-21-16(23)7-8-20;/h3-4,6,10,14,17H,1-2,5,7-9,11-12,20H2,(H,21,23);1H. The lowest BCUT2D eigenvalue weighted by molar-refractivity contribution is -0.121. The maximum atomic E-state index is 12.3. The first-order chi connectivity index (χ1) is 11.6. The predicted octanol–water partition coefficient (Wildman–Crippen LogP) is 2.53. The topological polar surface area (TPSA) is 67.6 Å². The van der Waals surface area contributed by atoms with E-state index in [-0.39, 0.29) is 30.1 Å². The zero-order chi connectivity index (χ0) is 17.4. The van der Waals surface area contributed by atoms with E-state index >= 15 is 0 Å². The smallest absolute Gasteiger partial charge is 0.387 e. The summed E-state index contributed by atoms with van der Waals surface area (Å²) < 4.78 is 29.1. The fourth-order valence-electron chi connectivity index (χ4n) is 3.00. The molecule has 1 heterocycles. The fraction of sp³-hybridized carbons (Fsp3) is 0.588. The lowest BCUT2D eigenvalue weighted by atomic mass is 10.0. The van der Waals surface area contributed by atoms with Crippen molar-refractivity contribution in [3.8, 4) is 5.75 Å². The number of halogens is 3. The Labute approximate surface area is 153 Å². The summed E-state index contributed by atoms with van der Waals surface area (Å²) in [5.74, 6) is 0.141. The summed E-state index contributed by atoms with van der Waals surface area (Å²) in [6.45, 7) is -0.306. The number of alkyl halides is 2. The van der Waals surface area contributed by atoms with Crippen LogP contribution in [0.3, 0.4) is 0 Å². The van der Waals surface area contributed by atoms with Crippen molar-refractivity contribution in [2.24, 2.45) is 5.73 Å². The van der Waals surface area contributed by atoms with Gasteiger partial charge in [-0.2, -0.15) is 8.78 Å².